The van der Waals surface area contributed by atoms with E-state index < -0.39 is 0 Å². The number of hydrogen-bond acceptors (Lipinski definition) is 2. The van der Waals surface area contributed by atoms with Gasteiger partial charge in [-0.25, -0.2) is 0 Å². The van der Waals surface area contributed by atoms with Crippen molar-refractivity contribution in [1.29, 1.82) is 0 Å². The smallest absolute Gasteiger partial charge is 0.0223 e. The molecule has 1 N–H and O–H groups in total. The summed E-state index contributed by atoms with van der Waals surface area (Å²) in [7, 11) is 0. The minimum Gasteiger partial charge on any atom is -0.316 e. The van der Waals surface area contributed by atoms with Gasteiger partial charge in [-0.15, -0.1) is 11.6 Å². The molecule has 0 radical (unpaired) electrons. The number of nitrogens with one attached hydrogen (secondary N) is 1. The van der Waals surface area contributed by atoms with Gasteiger partial charge in [-0.3, -0.25) is 0 Å². The molecule has 0 aromatic heterocycles. The zero-order chi connectivity index (χ0) is 8.36. The number of alkyl halides is 1. The van der Waals surface area contributed by atoms with E-state index in [1.165, 1.54) is 17.9 Å². The fourth-order valence-corrected chi connectivity index (χ4v) is 1.52. The van der Waals surface area contributed by atoms with Crippen molar-refractivity contribution in [3.05, 3.63) is 0 Å². The van der Waals surface area contributed by atoms with Crippen molar-refractivity contribution in [2.45, 2.75) is 19.8 Å². The molecule has 11 heavy (non-hydrogen) atoms. The van der Waals surface area contributed by atoms with Gasteiger partial charge in [0.05, 0.1) is 0 Å². The predicted molar refractivity (Wildman–Crippen MR) is 55.8 cm³/mol. The normalized spacial score (nSPS) is 10.4. The molecule has 0 rings (SSSR count). The monoisotopic (exact) mass is 195 g/mol. The summed E-state index contributed by atoms with van der Waals surface area (Å²) < 4.78 is 0. The average molecular weight is 196 g/mol. The van der Waals surface area contributed by atoms with Crippen LogP contribution in [0, 0.1) is 0 Å². The van der Waals surface area contributed by atoms with Crippen molar-refractivity contribution < 1.29 is 0 Å². The van der Waals surface area contributed by atoms with Crippen LogP contribution in [0.15, 0.2) is 0 Å². The molecule has 0 saturated heterocycles. The van der Waals surface area contributed by atoms with Crippen LogP contribution in [0.1, 0.15) is 19.8 Å². The molecule has 68 valence electrons. The van der Waals surface area contributed by atoms with E-state index in [-0.39, 0.29) is 0 Å². The lowest BCUT2D eigenvalue weighted by Crippen LogP contribution is -2.18. The SMILES string of the molecule is CCSCCNCCCCCl. The van der Waals surface area contributed by atoms with Crippen LogP contribution in [-0.4, -0.2) is 30.5 Å². The van der Waals surface area contributed by atoms with E-state index in [0.29, 0.717) is 0 Å². The second-order valence-corrected chi connectivity index (χ2v) is 4.11. The lowest BCUT2D eigenvalue weighted by molar-refractivity contribution is 0.668. The summed E-state index contributed by atoms with van der Waals surface area (Å²) in [6, 6.07) is 0. The van der Waals surface area contributed by atoms with Gasteiger partial charge in [0, 0.05) is 18.2 Å². The third-order valence-corrected chi connectivity index (χ3v) is 2.53. The minimum atomic E-state index is 0.797. The van der Waals surface area contributed by atoms with Crippen LogP contribution in [0.3, 0.4) is 0 Å². The number of rotatable bonds is 8. The van der Waals surface area contributed by atoms with Gasteiger partial charge in [0.25, 0.3) is 0 Å². The van der Waals surface area contributed by atoms with Gasteiger partial charge < -0.3 is 5.32 Å². The van der Waals surface area contributed by atoms with Gasteiger partial charge in [0.1, 0.15) is 0 Å². The minimum absolute atomic E-state index is 0.797. The van der Waals surface area contributed by atoms with Crippen LogP contribution in [0.25, 0.3) is 0 Å². The van der Waals surface area contributed by atoms with Gasteiger partial charge >= 0.3 is 0 Å². The molecule has 3 heteroatoms. The van der Waals surface area contributed by atoms with E-state index in [4.69, 9.17) is 11.6 Å². The Hall–Kier alpha value is 0.600. The third kappa shape index (κ3) is 10.6. The largest absolute Gasteiger partial charge is 0.316 e. The van der Waals surface area contributed by atoms with E-state index in [0.717, 1.165) is 25.4 Å². The molecular weight excluding hydrogens is 178 g/mol. The van der Waals surface area contributed by atoms with Crippen LogP contribution in [-0.2, 0) is 0 Å². The Kier molecular flexibility index (Phi) is 11.2. The molecule has 0 unspecified atom stereocenters. The molecule has 0 aliphatic heterocycles. The van der Waals surface area contributed by atoms with E-state index in [1.807, 2.05) is 11.8 Å². The van der Waals surface area contributed by atoms with Crippen LogP contribution in [0.4, 0.5) is 0 Å². The second-order valence-electron chi connectivity index (χ2n) is 2.34. The molecular formula is C8H18ClNS. The highest BCUT2D eigenvalue weighted by Crippen LogP contribution is 1.95. The second kappa shape index (κ2) is 10.6. The molecule has 0 aromatic rings. The predicted octanol–water partition coefficient (Wildman–Crippen LogP) is 2.35. The molecule has 0 aliphatic rings. The first-order valence-corrected chi connectivity index (χ1v) is 5.95. The quantitative estimate of drug-likeness (QED) is 0.472. The highest BCUT2D eigenvalue weighted by molar-refractivity contribution is 7.99. The molecule has 1 nitrogen and oxygen atoms in total. The Balaban J connectivity index is 2.69. The van der Waals surface area contributed by atoms with Crippen molar-refractivity contribution in [3.8, 4) is 0 Å². The molecule has 0 atom stereocenters. The Morgan fingerprint density at radius 3 is 2.73 bits per heavy atom. The first kappa shape index (κ1) is 11.6. The van der Waals surface area contributed by atoms with Gasteiger partial charge in [0.2, 0.25) is 0 Å². The lowest BCUT2D eigenvalue weighted by atomic mass is 10.3. The third-order valence-electron chi connectivity index (χ3n) is 1.36. The summed E-state index contributed by atoms with van der Waals surface area (Å²) in [6.45, 7) is 4.45. The van der Waals surface area contributed by atoms with E-state index >= 15 is 0 Å². The zero-order valence-corrected chi connectivity index (χ0v) is 8.81. The molecule has 0 bridgehead atoms. The maximum Gasteiger partial charge on any atom is 0.0223 e. The Labute approximate surface area is 79.3 Å². The summed E-state index contributed by atoms with van der Waals surface area (Å²) in [4.78, 5) is 0. The summed E-state index contributed by atoms with van der Waals surface area (Å²) in [5.74, 6) is 3.26. The van der Waals surface area contributed by atoms with Crippen molar-refractivity contribution in [2.24, 2.45) is 0 Å². The van der Waals surface area contributed by atoms with Gasteiger partial charge in [-0.1, -0.05) is 6.92 Å². The van der Waals surface area contributed by atoms with Crippen LogP contribution in [0.2, 0.25) is 0 Å². The Morgan fingerprint density at radius 2 is 2.09 bits per heavy atom. The Morgan fingerprint density at radius 1 is 1.27 bits per heavy atom. The molecule has 0 aromatic carbocycles. The summed E-state index contributed by atoms with van der Waals surface area (Å²) in [6.07, 6.45) is 2.34. The van der Waals surface area contributed by atoms with Crippen molar-refractivity contribution in [2.75, 3.05) is 30.5 Å². The fraction of sp³-hybridized carbons (Fsp3) is 1.00. The molecule has 0 amide bonds. The molecule has 0 saturated carbocycles. The van der Waals surface area contributed by atoms with E-state index in [9.17, 15) is 0 Å². The standard InChI is InChI=1S/C8H18ClNS/c1-2-11-8-7-10-6-4-3-5-9/h10H,2-8H2,1H3. The number of hydrogen-bond donors (Lipinski definition) is 1. The van der Waals surface area contributed by atoms with Crippen LogP contribution >= 0.6 is 23.4 Å². The maximum absolute atomic E-state index is 5.53. The Bertz CT molecular complexity index is 63.1. The van der Waals surface area contributed by atoms with E-state index in [1.54, 1.807) is 0 Å². The summed E-state index contributed by atoms with van der Waals surface area (Å²) >= 11 is 7.52. The van der Waals surface area contributed by atoms with E-state index in [2.05, 4.69) is 12.2 Å². The molecule has 0 spiro atoms. The van der Waals surface area contributed by atoms with Gasteiger partial charge in [-0.05, 0) is 25.1 Å². The van der Waals surface area contributed by atoms with Crippen molar-refractivity contribution in [1.82, 2.24) is 5.32 Å². The summed E-state index contributed by atoms with van der Waals surface area (Å²) in [5.41, 5.74) is 0. The first-order valence-electron chi connectivity index (χ1n) is 4.26. The number of thioether (sulfide) groups is 1. The van der Waals surface area contributed by atoms with Crippen LogP contribution < -0.4 is 5.32 Å². The highest BCUT2D eigenvalue weighted by Gasteiger charge is 1.87. The first-order chi connectivity index (χ1) is 5.41. The zero-order valence-electron chi connectivity index (χ0n) is 7.24. The molecule has 0 fully saturated rings. The molecule has 0 aliphatic carbocycles. The van der Waals surface area contributed by atoms with Crippen LogP contribution in [0.5, 0.6) is 0 Å². The van der Waals surface area contributed by atoms with Gasteiger partial charge in [0.15, 0.2) is 0 Å². The molecule has 0 heterocycles. The topological polar surface area (TPSA) is 12.0 Å². The maximum atomic E-state index is 5.53. The number of unbranched alkanes of at least 4 members (excludes halogenated alkanes) is 1. The fourth-order valence-electron chi connectivity index (χ4n) is 0.758. The van der Waals surface area contributed by atoms with Crippen molar-refractivity contribution >= 4 is 23.4 Å². The number of halogens is 1. The van der Waals surface area contributed by atoms with Crippen molar-refractivity contribution in [3.63, 3.8) is 0 Å². The summed E-state index contributed by atoms with van der Waals surface area (Å²) in [5, 5.41) is 3.38. The highest BCUT2D eigenvalue weighted by atomic mass is 35.5. The average Bonchev–Trinajstić information content (AvgIpc) is 2.03. The van der Waals surface area contributed by atoms with Gasteiger partial charge in [-0.2, -0.15) is 11.8 Å². The lowest BCUT2D eigenvalue weighted by Gasteiger charge is -2.01.